The molecule has 4 aromatic carbocycles. The van der Waals surface area contributed by atoms with Gasteiger partial charge >= 0.3 is 0 Å². The molecule has 4 nitrogen and oxygen atoms in total. The minimum Gasteiger partial charge on any atom is -0.497 e. The highest BCUT2D eigenvalue weighted by Crippen LogP contribution is 2.45. The monoisotopic (exact) mass is 458 g/mol. The molecule has 0 unspecified atom stereocenters. The lowest BCUT2D eigenvalue weighted by atomic mass is 10.0. The predicted octanol–water partition coefficient (Wildman–Crippen LogP) is 5.15. The number of rotatable bonds is 8. The van der Waals surface area contributed by atoms with E-state index in [-0.39, 0.29) is 0 Å². The number of ether oxygens (including phenoxy) is 4. The van der Waals surface area contributed by atoms with E-state index in [9.17, 15) is 0 Å². The van der Waals surface area contributed by atoms with Crippen molar-refractivity contribution >= 4 is 23.8 Å². The highest BCUT2D eigenvalue weighted by atomic mass is 31.1. The fourth-order valence-corrected chi connectivity index (χ4v) is 6.39. The average molecular weight is 458 g/mol. The summed E-state index contributed by atoms with van der Waals surface area (Å²) in [5.41, 5.74) is 1.92. The zero-order valence-electron chi connectivity index (χ0n) is 19.2. The lowest BCUT2D eigenvalue weighted by Crippen LogP contribution is -2.23. The van der Waals surface area contributed by atoms with Gasteiger partial charge in [0.1, 0.15) is 23.0 Å². The van der Waals surface area contributed by atoms with Gasteiger partial charge in [-0.05, 0) is 36.7 Å². The van der Waals surface area contributed by atoms with Gasteiger partial charge in [0.2, 0.25) is 0 Å². The van der Waals surface area contributed by atoms with Crippen LogP contribution in [-0.4, -0.2) is 28.4 Å². The summed E-state index contributed by atoms with van der Waals surface area (Å²) in [6.07, 6.45) is 0. The van der Waals surface area contributed by atoms with Crippen LogP contribution in [0, 0.1) is 0 Å². The zero-order valence-corrected chi connectivity index (χ0v) is 20.1. The molecule has 0 spiro atoms. The molecule has 5 heteroatoms. The highest BCUT2D eigenvalue weighted by Gasteiger charge is 2.26. The maximum Gasteiger partial charge on any atom is 0.131 e. The second kappa shape index (κ2) is 10.4. The third-order valence-corrected chi connectivity index (χ3v) is 7.92. The normalized spacial score (nSPS) is 10.7. The Balaban J connectivity index is 2.07. The summed E-state index contributed by atoms with van der Waals surface area (Å²) in [5.74, 6) is 2.93. The third kappa shape index (κ3) is 4.67. The van der Waals surface area contributed by atoms with Crippen molar-refractivity contribution in [1.82, 2.24) is 0 Å². The molecule has 0 aliphatic rings. The minimum atomic E-state index is -0.910. The van der Waals surface area contributed by atoms with E-state index < -0.39 is 7.92 Å². The fraction of sp³-hybridized carbons (Fsp3) is 0.143. The van der Waals surface area contributed by atoms with E-state index in [2.05, 4.69) is 54.6 Å². The Morgan fingerprint density at radius 2 is 1.06 bits per heavy atom. The summed E-state index contributed by atoms with van der Waals surface area (Å²) < 4.78 is 22.8. The zero-order chi connectivity index (χ0) is 23.2. The van der Waals surface area contributed by atoms with Gasteiger partial charge < -0.3 is 18.9 Å². The van der Waals surface area contributed by atoms with Gasteiger partial charge in [-0.15, -0.1) is 0 Å². The number of methoxy groups -OCH3 is 4. The van der Waals surface area contributed by atoms with Crippen LogP contribution in [0.4, 0.5) is 0 Å². The molecule has 0 amide bonds. The number of hydrogen-bond donors (Lipinski definition) is 0. The van der Waals surface area contributed by atoms with E-state index in [1.807, 2.05) is 36.4 Å². The molecule has 0 aliphatic heterocycles. The quantitative estimate of drug-likeness (QED) is 0.343. The highest BCUT2D eigenvalue weighted by molar-refractivity contribution is 7.80. The van der Waals surface area contributed by atoms with Crippen LogP contribution in [0.3, 0.4) is 0 Å². The molecule has 33 heavy (non-hydrogen) atoms. The van der Waals surface area contributed by atoms with Crippen molar-refractivity contribution in [2.75, 3.05) is 28.4 Å². The van der Waals surface area contributed by atoms with Crippen molar-refractivity contribution < 1.29 is 18.9 Å². The van der Waals surface area contributed by atoms with Crippen molar-refractivity contribution in [2.24, 2.45) is 0 Å². The van der Waals surface area contributed by atoms with Crippen LogP contribution < -0.4 is 34.9 Å². The molecule has 0 saturated carbocycles. The maximum atomic E-state index is 5.90. The standard InChI is InChI=1S/C28H27O4P/c1-29-20-15-16-24(25(17-20)31-3)28-26(32-4)18-21(30-2)19-27(28)33(22-11-7-5-8-12-22)23-13-9-6-10-14-23/h5-19H,1-4H3. The second-order valence-corrected chi connectivity index (χ2v) is 9.48. The topological polar surface area (TPSA) is 36.9 Å². The SMILES string of the molecule is COc1ccc(-c2c(OC)cc(OC)cc2P(c2ccccc2)c2ccccc2)c(OC)c1. The molecule has 4 aromatic rings. The van der Waals surface area contributed by atoms with E-state index >= 15 is 0 Å². The molecule has 0 saturated heterocycles. The molecule has 0 fully saturated rings. The molecule has 4 rings (SSSR count). The van der Waals surface area contributed by atoms with Crippen LogP contribution >= 0.6 is 7.92 Å². The Labute approximate surface area is 196 Å². The van der Waals surface area contributed by atoms with Crippen molar-refractivity contribution in [3.8, 4) is 34.1 Å². The van der Waals surface area contributed by atoms with E-state index in [0.29, 0.717) is 0 Å². The van der Waals surface area contributed by atoms with E-state index in [1.54, 1.807) is 28.4 Å². The van der Waals surface area contributed by atoms with Gasteiger partial charge in [0.25, 0.3) is 0 Å². The fourth-order valence-electron chi connectivity index (χ4n) is 3.89. The van der Waals surface area contributed by atoms with E-state index in [0.717, 1.165) is 39.4 Å². The first kappa shape index (κ1) is 22.7. The molecule has 0 aliphatic carbocycles. The average Bonchev–Trinajstić information content (AvgIpc) is 2.89. The Hall–Kier alpha value is -3.49. The van der Waals surface area contributed by atoms with Crippen LogP contribution in [0.5, 0.6) is 23.0 Å². The second-order valence-electron chi connectivity index (χ2n) is 7.30. The van der Waals surface area contributed by atoms with Crippen molar-refractivity contribution in [3.05, 3.63) is 91.0 Å². The maximum absolute atomic E-state index is 5.90. The van der Waals surface area contributed by atoms with E-state index in [4.69, 9.17) is 18.9 Å². The summed E-state index contributed by atoms with van der Waals surface area (Å²) in [5, 5.41) is 3.60. The number of benzene rings is 4. The van der Waals surface area contributed by atoms with Gasteiger partial charge in [-0.1, -0.05) is 60.7 Å². The molecule has 0 radical (unpaired) electrons. The smallest absolute Gasteiger partial charge is 0.131 e. The first-order chi connectivity index (χ1) is 16.2. The van der Waals surface area contributed by atoms with Gasteiger partial charge in [-0.2, -0.15) is 0 Å². The third-order valence-electron chi connectivity index (χ3n) is 5.46. The summed E-state index contributed by atoms with van der Waals surface area (Å²) in [7, 11) is 5.78. The van der Waals surface area contributed by atoms with Gasteiger partial charge in [-0.3, -0.25) is 0 Å². The lowest BCUT2D eigenvalue weighted by molar-refractivity contribution is 0.391. The van der Waals surface area contributed by atoms with Gasteiger partial charge in [0.15, 0.2) is 0 Å². The summed E-state index contributed by atoms with van der Waals surface area (Å²) >= 11 is 0. The van der Waals surface area contributed by atoms with E-state index in [1.165, 1.54) is 10.6 Å². The summed E-state index contributed by atoms with van der Waals surface area (Å²) in [6, 6.07) is 31.0. The minimum absolute atomic E-state index is 0.718. The Bertz CT molecular complexity index is 1170. The predicted molar refractivity (Wildman–Crippen MR) is 137 cm³/mol. The van der Waals surface area contributed by atoms with Gasteiger partial charge in [0, 0.05) is 28.6 Å². The van der Waals surface area contributed by atoms with Crippen molar-refractivity contribution in [3.63, 3.8) is 0 Å². The first-order valence-electron chi connectivity index (χ1n) is 10.6. The summed E-state index contributed by atoms with van der Waals surface area (Å²) in [6.45, 7) is 0. The molecular formula is C28H27O4P. The van der Waals surface area contributed by atoms with Crippen molar-refractivity contribution in [2.45, 2.75) is 0 Å². The van der Waals surface area contributed by atoms with Gasteiger partial charge in [0.05, 0.1) is 28.4 Å². The van der Waals surface area contributed by atoms with Crippen LogP contribution in [0.2, 0.25) is 0 Å². The van der Waals surface area contributed by atoms with Crippen LogP contribution in [0.1, 0.15) is 0 Å². The molecule has 0 atom stereocenters. The Morgan fingerprint density at radius 3 is 1.58 bits per heavy atom. The van der Waals surface area contributed by atoms with Gasteiger partial charge in [-0.25, -0.2) is 0 Å². The lowest BCUT2D eigenvalue weighted by Gasteiger charge is -2.25. The molecule has 168 valence electrons. The molecule has 0 N–H and O–H groups in total. The summed E-state index contributed by atoms with van der Waals surface area (Å²) in [4.78, 5) is 0. The first-order valence-corrected chi connectivity index (χ1v) is 11.9. The Morgan fingerprint density at radius 1 is 0.515 bits per heavy atom. The molecular weight excluding hydrogens is 431 g/mol. The largest absolute Gasteiger partial charge is 0.497 e. The molecule has 0 bridgehead atoms. The Kier molecular flexibility index (Phi) is 7.16. The number of hydrogen-bond acceptors (Lipinski definition) is 4. The van der Waals surface area contributed by atoms with Crippen LogP contribution in [0.25, 0.3) is 11.1 Å². The van der Waals surface area contributed by atoms with Crippen LogP contribution in [0.15, 0.2) is 91.0 Å². The van der Waals surface area contributed by atoms with Crippen LogP contribution in [-0.2, 0) is 0 Å². The molecule has 0 aromatic heterocycles. The molecule has 0 heterocycles. The van der Waals surface area contributed by atoms with Crippen molar-refractivity contribution in [1.29, 1.82) is 0 Å².